The molecule has 88 valence electrons. The Kier molecular flexibility index (Phi) is 4.10. The average molecular weight is 261 g/mol. The van der Waals surface area contributed by atoms with Gasteiger partial charge in [0.05, 0.1) is 15.2 Å². The zero-order valence-electron chi connectivity index (χ0n) is 9.10. The van der Waals surface area contributed by atoms with Crippen molar-refractivity contribution in [1.29, 1.82) is 0 Å². The lowest BCUT2D eigenvalue weighted by molar-refractivity contribution is -0.116. The summed E-state index contributed by atoms with van der Waals surface area (Å²) in [5.74, 6) is -0.150. The van der Waals surface area contributed by atoms with Crippen molar-refractivity contribution in [2.24, 2.45) is 0 Å². The second kappa shape index (κ2) is 4.97. The maximum atomic E-state index is 12.1. The maximum Gasteiger partial charge on any atom is 0.182 e. The van der Waals surface area contributed by atoms with Crippen molar-refractivity contribution in [3.05, 3.63) is 29.3 Å². The van der Waals surface area contributed by atoms with Crippen LogP contribution in [0.15, 0.2) is 29.2 Å². The molecule has 0 saturated carbocycles. The number of hydrogen-bond acceptors (Lipinski definition) is 3. The molecule has 0 fully saturated rings. The molecule has 0 spiro atoms. The van der Waals surface area contributed by atoms with E-state index in [1.165, 1.54) is 26.0 Å². The van der Waals surface area contributed by atoms with Gasteiger partial charge in [-0.3, -0.25) is 4.79 Å². The number of hydrogen-bond donors (Lipinski definition) is 0. The van der Waals surface area contributed by atoms with Crippen LogP contribution in [0.3, 0.4) is 0 Å². The van der Waals surface area contributed by atoms with Crippen LogP contribution >= 0.6 is 11.6 Å². The summed E-state index contributed by atoms with van der Waals surface area (Å²) in [4.78, 5) is 11.0. The Labute approximate surface area is 100 Å². The molecule has 1 unspecified atom stereocenters. The molecule has 0 bridgehead atoms. The number of carbonyl (C=O) groups excluding carboxylic acids is 1. The minimum Gasteiger partial charge on any atom is -0.300 e. The fraction of sp³-hybridized carbons (Fsp3) is 0.364. The molecule has 16 heavy (non-hydrogen) atoms. The molecule has 5 heteroatoms. The molecule has 1 atom stereocenters. The number of sulfone groups is 1. The molecule has 0 N–H and O–H groups in total. The van der Waals surface area contributed by atoms with Gasteiger partial charge in [-0.15, -0.1) is 0 Å². The Morgan fingerprint density at radius 3 is 2.44 bits per heavy atom. The van der Waals surface area contributed by atoms with Crippen LogP contribution < -0.4 is 0 Å². The van der Waals surface area contributed by atoms with Crippen LogP contribution in [0.1, 0.15) is 20.3 Å². The Morgan fingerprint density at radius 1 is 1.38 bits per heavy atom. The molecule has 3 nitrogen and oxygen atoms in total. The second-order valence-corrected chi connectivity index (χ2v) is 6.43. The zero-order chi connectivity index (χ0) is 12.3. The standard InChI is InChI=1S/C11H13ClO3S/c1-8(13)7-9(2)16(14,15)11-6-4-3-5-10(11)12/h3-6,9H,7H2,1-2H3. The molecule has 0 aliphatic rings. The van der Waals surface area contributed by atoms with Gasteiger partial charge in [0, 0.05) is 6.42 Å². The molecule has 0 heterocycles. The SMILES string of the molecule is CC(=O)CC(C)S(=O)(=O)c1ccccc1Cl. The quantitative estimate of drug-likeness (QED) is 0.836. The summed E-state index contributed by atoms with van der Waals surface area (Å²) in [7, 11) is -3.52. The van der Waals surface area contributed by atoms with Crippen molar-refractivity contribution < 1.29 is 13.2 Å². The first-order valence-corrected chi connectivity index (χ1v) is 6.76. The van der Waals surface area contributed by atoms with E-state index in [4.69, 9.17) is 11.6 Å². The molecule has 0 aliphatic carbocycles. The van der Waals surface area contributed by atoms with E-state index in [0.29, 0.717) is 0 Å². The normalized spacial score (nSPS) is 13.4. The molecule has 1 aromatic rings. The highest BCUT2D eigenvalue weighted by molar-refractivity contribution is 7.92. The van der Waals surface area contributed by atoms with Crippen molar-refractivity contribution in [2.45, 2.75) is 30.4 Å². The highest BCUT2D eigenvalue weighted by Crippen LogP contribution is 2.25. The smallest absolute Gasteiger partial charge is 0.182 e. The molecular weight excluding hydrogens is 248 g/mol. The number of carbonyl (C=O) groups is 1. The minimum absolute atomic E-state index is 0.00750. The number of Topliss-reactive ketones (excluding diaryl/α,β-unsaturated/α-hetero) is 1. The first-order chi connectivity index (χ1) is 7.35. The van der Waals surface area contributed by atoms with Gasteiger partial charge in [-0.2, -0.15) is 0 Å². The second-order valence-electron chi connectivity index (χ2n) is 3.69. The summed E-state index contributed by atoms with van der Waals surface area (Å²) in [5.41, 5.74) is 0. The van der Waals surface area contributed by atoms with Crippen LogP contribution in [0.2, 0.25) is 5.02 Å². The summed E-state index contributed by atoms with van der Waals surface area (Å²) in [5, 5.41) is -0.553. The van der Waals surface area contributed by atoms with Gasteiger partial charge in [0.15, 0.2) is 9.84 Å². The van der Waals surface area contributed by atoms with Crippen molar-refractivity contribution in [3.63, 3.8) is 0 Å². The summed E-state index contributed by atoms with van der Waals surface area (Å²) < 4.78 is 24.1. The predicted molar refractivity (Wildman–Crippen MR) is 63.4 cm³/mol. The van der Waals surface area contributed by atoms with Crippen molar-refractivity contribution in [1.82, 2.24) is 0 Å². The highest BCUT2D eigenvalue weighted by Gasteiger charge is 2.26. The molecule has 1 aromatic carbocycles. The Bertz CT molecular complexity index is 494. The third-order valence-corrected chi connectivity index (χ3v) is 4.88. The lowest BCUT2D eigenvalue weighted by atomic mass is 10.2. The van der Waals surface area contributed by atoms with E-state index < -0.39 is 15.1 Å². The van der Waals surface area contributed by atoms with Crippen molar-refractivity contribution in [3.8, 4) is 0 Å². The molecular formula is C11H13ClO3S. The monoisotopic (exact) mass is 260 g/mol. The van der Waals surface area contributed by atoms with Crippen molar-refractivity contribution >= 4 is 27.2 Å². The Morgan fingerprint density at radius 2 is 1.94 bits per heavy atom. The molecule has 0 amide bonds. The summed E-state index contributed by atoms with van der Waals surface area (Å²) in [6.07, 6.45) is 0.00750. The van der Waals surface area contributed by atoms with E-state index in [0.717, 1.165) is 0 Å². The summed E-state index contributed by atoms with van der Waals surface area (Å²) in [6, 6.07) is 6.25. The number of halogens is 1. The van der Waals surface area contributed by atoms with Gasteiger partial charge in [-0.25, -0.2) is 8.42 Å². The zero-order valence-corrected chi connectivity index (χ0v) is 10.7. The first-order valence-electron chi connectivity index (χ1n) is 4.83. The Hall–Kier alpha value is -0.870. The van der Waals surface area contributed by atoms with Crippen LogP contribution in [0.4, 0.5) is 0 Å². The maximum absolute atomic E-state index is 12.1. The van der Waals surface area contributed by atoms with E-state index in [1.54, 1.807) is 12.1 Å². The van der Waals surface area contributed by atoms with Crippen LogP contribution in [0.5, 0.6) is 0 Å². The van der Waals surface area contributed by atoms with Gasteiger partial charge >= 0.3 is 0 Å². The molecule has 0 aliphatic heterocycles. The predicted octanol–water partition coefficient (Wildman–Crippen LogP) is 2.48. The summed E-state index contributed by atoms with van der Waals surface area (Å²) in [6.45, 7) is 2.89. The fourth-order valence-corrected chi connectivity index (χ4v) is 3.36. The largest absolute Gasteiger partial charge is 0.300 e. The molecule has 0 aromatic heterocycles. The van der Waals surface area contributed by atoms with Gasteiger partial charge < -0.3 is 0 Å². The highest BCUT2D eigenvalue weighted by atomic mass is 35.5. The van der Waals surface area contributed by atoms with E-state index >= 15 is 0 Å². The van der Waals surface area contributed by atoms with Gasteiger partial charge in [0.1, 0.15) is 5.78 Å². The lowest BCUT2D eigenvalue weighted by Gasteiger charge is -2.12. The third-order valence-electron chi connectivity index (χ3n) is 2.25. The van der Waals surface area contributed by atoms with Gasteiger partial charge in [-0.1, -0.05) is 23.7 Å². The average Bonchev–Trinajstić information content (AvgIpc) is 2.16. The van der Waals surface area contributed by atoms with Crippen LogP contribution in [-0.2, 0) is 14.6 Å². The molecule has 0 radical (unpaired) electrons. The van der Waals surface area contributed by atoms with Crippen LogP contribution in [0.25, 0.3) is 0 Å². The van der Waals surface area contributed by atoms with E-state index in [-0.39, 0.29) is 22.1 Å². The third kappa shape index (κ3) is 2.83. The van der Waals surface area contributed by atoms with E-state index in [1.807, 2.05) is 0 Å². The van der Waals surface area contributed by atoms with E-state index in [2.05, 4.69) is 0 Å². The van der Waals surface area contributed by atoms with Gasteiger partial charge in [0.2, 0.25) is 0 Å². The first kappa shape index (κ1) is 13.2. The van der Waals surface area contributed by atoms with Gasteiger partial charge in [-0.05, 0) is 26.0 Å². The lowest BCUT2D eigenvalue weighted by Crippen LogP contribution is -2.20. The number of benzene rings is 1. The number of ketones is 1. The van der Waals surface area contributed by atoms with Crippen LogP contribution in [0, 0.1) is 0 Å². The molecule has 1 rings (SSSR count). The minimum atomic E-state index is -3.52. The number of rotatable bonds is 4. The van der Waals surface area contributed by atoms with Crippen LogP contribution in [-0.4, -0.2) is 19.5 Å². The summed E-state index contributed by atoms with van der Waals surface area (Å²) >= 11 is 5.83. The molecule has 0 saturated heterocycles. The topological polar surface area (TPSA) is 51.2 Å². The van der Waals surface area contributed by atoms with E-state index in [9.17, 15) is 13.2 Å². The van der Waals surface area contributed by atoms with Crippen molar-refractivity contribution in [2.75, 3.05) is 0 Å². The fourth-order valence-electron chi connectivity index (χ4n) is 1.41. The van der Waals surface area contributed by atoms with Gasteiger partial charge in [0.25, 0.3) is 0 Å². The Balaban J connectivity index is 3.12.